The third-order valence-electron chi connectivity index (χ3n) is 10.8. The van der Waals surface area contributed by atoms with Gasteiger partial charge in [0.25, 0.3) is 0 Å². The molecule has 8 aromatic carbocycles. The number of furan rings is 1. The fraction of sp³-hybridized carbons (Fsp3) is 0.0204. The maximum atomic E-state index is 6.69. The molecule has 1 aromatic heterocycles. The molecule has 0 fully saturated rings. The molecule has 53 heavy (non-hydrogen) atoms. The summed E-state index contributed by atoms with van der Waals surface area (Å²) in [5.74, 6) is 2.72. The molecule has 2 heterocycles. The van der Waals surface area contributed by atoms with Crippen molar-refractivity contribution in [3.63, 3.8) is 0 Å². The van der Waals surface area contributed by atoms with Gasteiger partial charge < -0.3 is 18.8 Å². The van der Waals surface area contributed by atoms with E-state index in [1.807, 2.05) is 42.5 Å². The van der Waals surface area contributed by atoms with Crippen LogP contribution < -0.4 is 14.4 Å². The number of para-hydroxylation sites is 4. The van der Waals surface area contributed by atoms with Crippen LogP contribution in [0.2, 0.25) is 0 Å². The second-order valence-corrected chi connectivity index (χ2v) is 13.6. The summed E-state index contributed by atoms with van der Waals surface area (Å²) in [5.41, 5.74) is 11.4. The van der Waals surface area contributed by atoms with Gasteiger partial charge in [0.1, 0.15) is 5.58 Å². The topological polar surface area (TPSA) is 34.8 Å². The molecule has 0 bridgehead atoms. The summed E-state index contributed by atoms with van der Waals surface area (Å²) in [5, 5.41) is 2.14. The van der Waals surface area contributed by atoms with Crippen molar-refractivity contribution in [2.45, 2.75) is 5.41 Å². The van der Waals surface area contributed by atoms with Crippen molar-refractivity contribution in [1.29, 1.82) is 0 Å². The third-order valence-corrected chi connectivity index (χ3v) is 10.8. The molecule has 0 spiro atoms. The molecule has 0 saturated heterocycles. The van der Waals surface area contributed by atoms with Crippen molar-refractivity contribution in [1.82, 2.24) is 0 Å². The van der Waals surface area contributed by atoms with Crippen molar-refractivity contribution in [2.75, 3.05) is 4.90 Å². The number of nitrogens with zero attached hydrogens (tertiary/aromatic N) is 1. The summed E-state index contributed by atoms with van der Waals surface area (Å²) in [7, 11) is 0. The molecule has 11 rings (SSSR count). The lowest BCUT2D eigenvalue weighted by atomic mass is 9.67. The first kappa shape index (κ1) is 29.7. The van der Waals surface area contributed by atoms with Gasteiger partial charge in [0.05, 0.1) is 16.8 Å². The monoisotopic (exact) mass is 681 g/mol. The first-order valence-corrected chi connectivity index (χ1v) is 17.9. The fourth-order valence-electron chi connectivity index (χ4n) is 8.56. The number of fused-ring (bicyclic) bond motifs is 8. The Hall–Kier alpha value is -7.04. The Bertz CT molecular complexity index is 2820. The minimum Gasteiger partial charge on any atom is -0.454 e. The molecule has 0 radical (unpaired) electrons. The Kier molecular flexibility index (Phi) is 6.43. The summed E-state index contributed by atoms with van der Waals surface area (Å²) < 4.78 is 19.5. The second kappa shape index (κ2) is 11.5. The molecule has 0 atom stereocenters. The van der Waals surface area contributed by atoms with E-state index >= 15 is 0 Å². The van der Waals surface area contributed by atoms with Crippen LogP contribution in [0.1, 0.15) is 22.3 Å². The third kappa shape index (κ3) is 4.36. The molecular formula is C49H31NO3. The molecule has 2 aliphatic rings. The Morgan fingerprint density at radius 2 is 0.981 bits per heavy atom. The van der Waals surface area contributed by atoms with E-state index in [4.69, 9.17) is 13.9 Å². The van der Waals surface area contributed by atoms with Crippen molar-refractivity contribution < 1.29 is 13.9 Å². The molecule has 1 aliphatic heterocycles. The number of hydrogen-bond donors (Lipinski definition) is 0. The van der Waals surface area contributed by atoms with Gasteiger partial charge in [-0.05, 0) is 81.9 Å². The van der Waals surface area contributed by atoms with Crippen LogP contribution in [0.5, 0.6) is 23.0 Å². The van der Waals surface area contributed by atoms with Crippen molar-refractivity contribution in [3.8, 4) is 34.1 Å². The van der Waals surface area contributed by atoms with Crippen LogP contribution in [0.25, 0.3) is 33.1 Å². The lowest BCUT2D eigenvalue weighted by Gasteiger charge is -2.35. The Morgan fingerprint density at radius 3 is 1.77 bits per heavy atom. The Labute approximate surface area is 306 Å². The van der Waals surface area contributed by atoms with Crippen LogP contribution in [0.15, 0.2) is 192 Å². The van der Waals surface area contributed by atoms with E-state index in [0.29, 0.717) is 23.0 Å². The number of anilines is 3. The van der Waals surface area contributed by atoms with Crippen molar-refractivity contribution in [3.05, 3.63) is 210 Å². The van der Waals surface area contributed by atoms with E-state index in [-0.39, 0.29) is 0 Å². The van der Waals surface area contributed by atoms with Gasteiger partial charge in [0.2, 0.25) is 0 Å². The summed E-state index contributed by atoms with van der Waals surface area (Å²) in [6, 6.07) is 66.1. The fourth-order valence-corrected chi connectivity index (χ4v) is 8.56. The SMILES string of the molecule is c1ccc(C2(c3ccccc3)c3ccccc3-c3ccc(N(c4ccc5c(c4)Oc4ccccc4O5)c4cccc5c4oc4ccccc45)cc32)cc1. The van der Waals surface area contributed by atoms with Crippen LogP contribution in [-0.2, 0) is 5.41 Å². The highest BCUT2D eigenvalue weighted by Gasteiger charge is 2.46. The van der Waals surface area contributed by atoms with E-state index in [1.165, 1.54) is 33.4 Å². The van der Waals surface area contributed by atoms with E-state index in [2.05, 4.69) is 150 Å². The lowest BCUT2D eigenvalue weighted by molar-refractivity contribution is 0.360. The second-order valence-electron chi connectivity index (χ2n) is 13.6. The van der Waals surface area contributed by atoms with E-state index < -0.39 is 5.41 Å². The van der Waals surface area contributed by atoms with Gasteiger partial charge in [0, 0.05) is 22.5 Å². The smallest absolute Gasteiger partial charge is 0.172 e. The summed E-state index contributed by atoms with van der Waals surface area (Å²) in [4.78, 5) is 2.29. The molecule has 4 heteroatoms. The zero-order valence-electron chi connectivity index (χ0n) is 28.6. The quantitative estimate of drug-likeness (QED) is 0.181. The van der Waals surface area contributed by atoms with Crippen molar-refractivity contribution in [2.24, 2.45) is 0 Å². The highest BCUT2D eigenvalue weighted by Crippen LogP contribution is 2.58. The van der Waals surface area contributed by atoms with Gasteiger partial charge in [-0.25, -0.2) is 0 Å². The van der Waals surface area contributed by atoms with Crippen LogP contribution in [-0.4, -0.2) is 0 Å². The number of rotatable bonds is 5. The number of benzene rings is 8. The number of hydrogen-bond acceptors (Lipinski definition) is 4. The summed E-state index contributed by atoms with van der Waals surface area (Å²) >= 11 is 0. The minimum absolute atomic E-state index is 0.544. The van der Waals surface area contributed by atoms with Gasteiger partial charge in [-0.15, -0.1) is 0 Å². The molecule has 4 nitrogen and oxygen atoms in total. The van der Waals surface area contributed by atoms with E-state index in [1.54, 1.807) is 0 Å². The van der Waals surface area contributed by atoms with Gasteiger partial charge in [0.15, 0.2) is 28.6 Å². The standard InChI is InChI=1S/C49H31NO3/c1-3-14-32(15-4-1)49(33-16-5-2-6-17-33)40-21-9-7-18-36(40)37-28-26-34(30-41(37)49)50(42-22-13-20-39-38-19-8-10-23-43(38)53-48(39)42)35-27-29-46-47(31-35)52-45-25-12-11-24-44(45)51-46/h1-31H. The average molecular weight is 682 g/mol. The van der Waals surface area contributed by atoms with Crippen LogP contribution in [0, 0.1) is 0 Å². The highest BCUT2D eigenvalue weighted by atomic mass is 16.6. The normalized spacial score (nSPS) is 13.4. The Morgan fingerprint density at radius 1 is 0.396 bits per heavy atom. The van der Waals surface area contributed by atoms with E-state index in [0.717, 1.165) is 39.0 Å². The molecule has 250 valence electrons. The lowest BCUT2D eigenvalue weighted by Crippen LogP contribution is -2.28. The molecule has 0 amide bonds. The summed E-state index contributed by atoms with van der Waals surface area (Å²) in [6.07, 6.45) is 0. The predicted molar refractivity (Wildman–Crippen MR) is 212 cm³/mol. The highest BCUT2D eigenvalue weighted by molar-refractivity contribution is 6.10. The molecule has 0 saturated carbocycles. The number of ether oxygens (including phenoxy) is 2. The van der Waals surface area contributed by atoms with E-state index in [9.17, 15) is 0 Å². The van der Waals surface area contributed by atoms with Gasteiger partial charge >= 0.3 is 0 Å². The maximum Gasteiger partial charge on any atom is 0.172 e. The molecular weight excluding hydrogens is 651 g/mol. The van der Waals surface area contributed by atoms with Crippen LogP contribution in [0.4, 0.5) is 17.1 Å². The van der Waals surface area contributed by atoms with Gasteiger partial charge in [-0.2, -0.15) is 0 Å². The maximum absolute atomic E-state index is 6.69. The van der Waals surface area contributed by atoms with Crippen molar-refractivity contribution >= 4 is 39.0 Å². The molecule has 1 aliphatic carbocycles. The summed E-state index contributed by atoms with van der Waals surface area (Å²) in [6.45, 7) is 0. The Balaban J connectivity index is 1.19. The van der Waals surface area contributed by atoms with Gasteiger partial charge in [-0.3, -0.25) is 0 Å². The predicted octanol–water partition coefficient (Wildman–Crippen LogP) is 13.3. The van der Waals surface area contributed by atoms with Crippen LogP contribution >= 0.6 is 0 Å². The van der Waals surface area contributed by atoms with Crippen LogP contribution in [0.3, 0.4) is 0 Å². The average Bonchev–Trinajstić information content (AvgIpc) is 3.75. The minimum atomic E-state index is -0.544. The molecule has 0 N–H and O–H groups in total. The first-order valence-electron chi connectivity index (χ1n) is 17.9. The molecule has 9 aromatic rings. The van der Waals surface area contributed by atoms with Gasteiger partial charge in [-0.1, -0.05) is 133 Å². The largest absolute Gasteiger partial charge is 0.454 e. The zero-order chi connectivity index (χ0) is 34.9. The molecule has 0 unspecified atom stereocenters. The first-order chi connectivity index (χ1) is 26.3. The zero-order valence-corrected chi connectivity index (χ0v) is 28.6.